The number of carbonyl (C=O) groups excluding carboxylic acids is 1. The van der Waals surface area contributed by atoms with Crippen molar-refractivity contribution in [3.05, 3.63) is 71.3 Å². The second-order valence-electron chi connectivity index (χ2n) is 8.03. The van der Waals surface area contributed by atoms with Crippen LogP contribution in [0.1, 0.15) is 36.0 Å². The first-order chi connectivity index (χ1) is 15.3. The van der Waals surface area contributed by atoms with E-state index in [1.165, 1.54) is 12.1 Å². The van der Waals surface area contributed by atoms with Crippen molar-refractivity contribution in [3.63, 3.8) is 0 Å². The Balaban J connectivity index is 1.21. The zero-order valence-electron chi connectivity index (χ0n) is 17.4. The molecule has 0 aromatic heterocycles. The van der Waals surface area contributed by atoms with Gasteiger partial charge in [0.1, 0.15) is 5.60 Å². The van der Waals surface area contributed by atoms with E-state index in [4.69, 9.17) is 9.68 Å². The Morgan fingerprint density at radius 3 is 2.44 bits per heavy atom. The number of benzene rings is 2. The average molecular weight is 447 g/mol. The van der Waals surface area contributed by atoms with Crippen molar-refractivity contribution in [1.82, 2.24) is 10.4 Å². The summed E-state index contributed by atoms with van der Waals surface area (Å²) in [5.74, 6) is 0. The third-order valence-corrected chi connectivity index (χ3v) is 5.76. The molecule has 2 aromatic rings. The minimum absolute atomic E-state index is 0.480. The van der Waals surface area contributed by atoms with Crippen molar-refractivity contribution in [1.29, 1.82) is 0 Å². The van der Waals surface area contributed by atoms with Crippen LogP contribution in [0.3, 0.4) is 0 Å². The summed E-state index contributed by atoms with van der Waals surface area (Å²) >= 11 is 0. The molecule has 0 saturated carbocycles. The smallest absolute Gasteiger partial charge is 0.388 e. The predicted molar refractivity (Wildman–Crippen MR) is 112 cm³/mol. The van der Waals surface area contributed by atoms with Crippen LogP contribution in [0, 0.1) is 0 Å². The van der Waals surface area contributed by atoms with Gasteiger partial charge >= 0.3 is 12.3 Å². The van der Waals surface area contributed by atoms with Crippen molar-refractivity contribution in [2.75, 3.05) is 19.6 Å². The second-order valence-corrected chi connectivity index (χ2v) is 8.03. The van der Waals surface area contributed by atoms with Gasteiger partial charge in [0, 0.05) is 38.9 Å². The van der Waals surface area contributed by atoms with E-state index in [1.54, 1.807) is 5.06 Å². The average Bonchev–Trinajstić information content (AvgIpc) is 3.19. The molecule has 0 aliphatic carbocycles. The molecule has 2 aromatic carbocycles. The van der Waals surface area contributed by atoms with E-state index in [2.05, 4.69) is 10.5 Å². The van der Waals surface area contributed by atoms with Crippen LogP contribution in [0.15, 0.2) is 59.8 Å². The molecule has 0 atom stereocenters. The molecule has 4 rings (SSSR count). The minimum atomic E-state index is -4.37. The molecular formula is C23H24F3N3O3. The third kappa shape index (κ3) is 5.40. The molecule has 0 radical (unpaired) electrons. The molecule has 170 valence electrons. The first-order valence-corrected chi connectivity index (χ1v) is 10.5. The zero-order chi connectivity index (χ0) is 22.6. The van der Waals surface area contributed by atoms with Crippen LogP contribution in [-0.4, -0.2) is 42.1 Å². The lowest BCUT2D eigenvalue weighted by molar-refractivity contribution is -0.157. The molecule has 32 heavy (non-hydrogen) atoms. The van der Waals surface area contributed by atoms with Crippen LogP contribution in [0.5, 0.6) is 0 Å². The van der Waals surface area contributed by atoms with Crippen LogP contribution in [-0.2, 0) is 22.3 Å². The number of nitrogens with zero attached hydrogens (tertiary/aromatic N) is 2. The van der Waals surface area contributed by atoms with Gasteiger partial charge in [-0.2, -0.15) is 13.2 Å². The molecule has 1 N–H and O–H groups in total. The number of rotatable bonds is 5. The van der Waals surface area contributed by atoms with Crippen LogP contribution in [0.2, 0.25) is 0 Å². The summed E-state index contributed by atoms with van der Waals surface area (Å²) in [5, 5.41) is 8.47. The van der Waals surface area contributed by atoms with Gasteiger partial charge in [-0.05, 0) is 29.7 Å². The molecule has 0 bridgehead atoms. The van der Waals surface area contributed by atoms with Crippen molar-refractivity contribution in [2.45, 2.75) is 37.5 Å². The fourth-order valence-electron chi connectivity index (χ4n) is 3.88. The Morgan fingerprint density at radius 1 is 1.09 bits per heavy atom. The Labute approximate surface area is 183 Å². The largest absolute Gasteiger partial charge is 0.426 e. The summed E-state index contributed by atoms with van der Waals surface area (Å²) < 4.78 is 38.3. The molecule has 1 amide bonds. The summed E-state index contributed by atoms with van der Waals surface area (Å²) in [6.45, 7) is 1.46. The molecule has 1 fully saturated rings. The number of halogens is 3. The maximum absolute atomic E-state index is 12.8. The van der Waals surface area contributed by atoms with Gasteiger partial charge < -0.3 is 15.0 Å². The Bertz CT molecular complexity index is 954. The third-order valence-electron chi connectivity index (χ3n) is 5.76. The number of piperidine rings is 1. The van der Waals surface area contributed by atoms with E-state index >= 15 is 0 Å². The van der Waals surface area contributed by atoms with Gasteiger partial charge in [0.05, 0.1) is 11.3 Å². The first kappa shape index (κ1) is 22.1. The first-order valence-electron chi connectivity index (χ1n) is 10.5. The van der Waals surface area contributed by atoms with Gasteiger partial charge in [0.2, 0.25) is 0 Å². The summed E-state index contributed by atoms with van der Waals surface area (Å²) in [4.78, 5) is 23.1. The lowest BCUT2D eigenvalue weighted by Crippen LogP contribution is -2.46. The maximum atomic E-state index is 12.8. The Morgan fingerprint density at radius 2 is 1.78 bits per heavy atom. The van der Waals surface area contributed by atoms with Gasteiger partial charge in [-0.15, -0.1) is 5.06 Å². The van der Waals surface area contributed by atoms with E-state index < -0.39 is 23.4 Å². The molecular weight excluding hydrogens is 423 g/mol. The zero-order valence-corrected chi connectivity index (χ0v) is 17.4. The normalized spacial score (nSPS) is 18.2. The number of amides is 1. The molecule has 9 heteroatoms. The van der Waals surface area contributed by atoms with E-state index in [0.717, 1.165) is 24.1 Å². The van der Waals surface area contributed by atoms with Crippen LogP contribution >= 0.6 is 0 Å². The Hall–Kier alpha value is -3.07. The number of hydrogen-bond donors (Lipinski definition) is 1. The summed E-state index contributed by atoms with van der Waals surface area (Å²) in [6, 6.07) is 14.8. The van der Waals surface area contributed by atoms with Gasteiger partial charge in [-0.3, -0.25) is 0 Å². The van der Waals surface area contributed by atoms with E-state index in [-0.39, 0.29) is 0 Å². The SMILES string of the molecule is O=C(NCCc1ccccc1)ON1CCC2(CC1)CC(c1ccc(C(F)(F)F)cc1)=NO2. The monoisotopic (exact) mass is 447 g/mol. The van der Waals surface area contributed by atoms with Gasteiger partial charge in [0.25, 0.3) is 0 Å². The number of alkyl halides is 3. The fraction of sp³-hybridized carbons (Fsp3) is 0.391. The number of nitrogens with one attached hydrogen (secondary N) is 1. The molecule has 2 heterocycles. The highest BCUT2D eigenvalue weighted by Gasteiger charge is 2.43. The fourth-order valence-corrected chi connectivity index (χ4v) is 3.88. The van der Waals surface area contributed by atoms with Crippen LogP contribution in [0.4, 0.5) is 18.0 Å². The standard InChI is InChI=1S/C23H24F3N3O3/c24-23(25,26)19-8-6-18(7-9-19)20-16-22(32-28-20)11-14-29(15-12-22)31-21(30)27-13-10-17-4-2-1-3-5-17/h1-9H,10-16H2,(H,27,30). The summed E-state index contributed by atoms with van der Waals surface area (Å²) in [6.07, 6.45) is -2.44. The minimum Gasteiger partial charge on any atom is -0.388 e. The van der Waals surface area contributed by atoms with Crippen molar-refractivity contribution < 1.29 is 27.6 Å². The highest BCUT2D eigenvalue weighted by molar-refractivity contribution is 6.01. The summed E-state index contributed by atoms with van der Waals surface area (Å²) in [5.41, 5.74) is 1.18. The number of hydrogen-bond acceptors (Lipinski definition) is 5. The van der Waals surface area contributed by atoms with E-state index in [9.17, 15) is 18.0 Å². The van der Waals surface area contributed by atoms with Crippen molar-refractivity contribution in [3.8, 4) is 0 Å². The summed E-state index contributed by atoms with van der Waals surface area (Å²) in [7, 11) is 0. The predicted octanol–water partition coefficient (Wildman–Crippen LogP) is 4.55. The number of carbonyl (C=O) groups is 1. The second kappa shape index (κ2) is 9.20. The molecule has 6 nitrogen and oxygen atoms in total. The number of oxime groups is 1. The highest BCUT2D eigenvalue weighted by Crippen LogP contribution is 2.37. The van der Waals surface area contributed by atoms with Crippen LogP contribution in [0.25, 0.3) is 0 Å². The molecule has 2 aliphatic rings. The lowest BCUT2D eigenvalue weighted by atomic mass is 9.86. The van der Waals surface area contributed by atoms with E-state index in [1.807, 2.05) is 30.3 Å². The van der Waals surface area contributed by atoms with Crippen molar-refractivity contribution in [2.24, 2.45) is 5.16 Å². The van der Waals surface area contributed by atoms with Gasteiger partial charge in [0.15, 0.2) is 0 Å². The van der Waals surface area contributed by atoms with Crippen LogP contribution < -0.4 is 5.32 Å². The maximum Gasteiger partial charge on any atom is 0.426 e. The van der Waals surface area contributed by atoms with Gasteiger partial charge in [-0.25, -0.2) is 4.79 Å². The topological polar surface area (TPSA) is 63.2 Å². The van der Waals surface area contributed by atoms with Gasteiger partial charge in [-0.1, -0.05) is 47.6 Å². The molecule has 1 spiro atoms. The van der Waals surface area contributed by atoms with E-state index in [0.29, 0.717) is 50.2 Å². The highest BCUT2D eigenvalue weighted by atomic mass is 19.4. The molecule has 1 saturated heterocycles. The van der Waals surface area contributed by atoms with Crippen molar-refractivity contribution >= 4 is 11.8 Å². The lowest BCUT2D eigenvalue weighted by Gasteiger charge is -2.35. The Kier molecular flexibility index (Phi) is 6.36. The quantitative estimate of drug-likeness (QED) is 0.731. The number of hydroxylamine groups is 2. The molecule has 0 unspecified atom stereocenters. The molecule has 2 aliphatic heterocycles.